The fourth-order valence-electron chi connectivity index (χ4n) is 1.66. The number of hydrogen-bond donors (Lipinski definition) is 0. The van der Waals surface area contributed by atoms with Crippen molar-refractivity contribution in [3.05, 3.63) is 36.5 Å². The van der Waals surface area contributed by atoms with Crippen LogP contribution >= 0.6 is 0 Å². The van der Waals surface area contributed by atoms with Gasteiger partial charge in [0.2, 0.25) is 0 Å². The van der Waals surface area contributed by atoms with Crippen LogP contribution < -0.4 is 0 Å². The molecule has 0 heterocycles. The van der Waals surface area contributed by atoms with Crippen LogP contribution in [0.25, 0.3) is 0 Å². The predicted octanol–water partition coefficient (Wildman–Crippen LogP) is 4.65. The molecule has 0 nitrogen and oxygen atoms in total. The van der Waals surface area contributed by atoms with Crippen LogP contribution in [0.15, 0.2) is 36.5 Å². The topological polar surface area (TPSA) is 0 Å². The first kappa shape index (κ1) is 11.3. The maximum absolute atomic E-state index is 4.20. The van der Waals surface area contributed by atoms with Gasteiger partial charge in [0.15, 0.2) is 0 Å². The lowest BCUT2D eigenvalue weighted by molar-refractivity contribution is 0.438. The van der Waals surface area contributed by atoms with Gasteiger partial charge in [-0.05, 0) is 37.5 Å². The molecule has 0 aliphatic heterocycles. The van der Waals surface area contributed by atoms with E-state index in [9.17, 15) is 0 Å². The first-order valence-electron chi connectivity index (χ1n) is 5.61. The van der Waals surface area contributed by atoms with Gasteiger partial charge in [0, 0.05) is 0 Å². The fraction of sp³-hybridized carbons (Fsp3) is 0.571. The van der Waals surface area contributed by atoms with Crippen molar-refractivity contribution in [2.24, 2.45) is 5.41 Å². The third-order valence-electron chi connectivity index (χ3n) is 3.03. The highest BCUT2D eigenvalue weighted by molar-refractivity contribution is 5.11. The van der Waals surface area contributed by atoms with E-state index in [1.54, 1.807) is 0 Å². The molecule has 0 radical (unpaired) electrons. The average molecular weight is 190 g/mol. The molecule has 1 aliphatic carbocycles. The van der Waals surface area contributed by atoms with Gasteiger partial charge in [-0.3, -0.25) is 0 Å². The van der Waals surface area contributed by atoms with Gasteiger partial charge in [-0.1, -0.05) is 50.3 Å². The molecular formula is C14H22. The van der Waals surface area contributed by atoms with Gasteiger partial charge >= 0.3 is 0 Å². The van der Waals surface area contributed by atoms with E-state index >= 15 is 0 Å². The van der Waals surface area contributed by atoms with Crippen LogP contribution in [0.5, 0.6) is 0 Å². The van der Waals surface area contributed by atoms with Crippen LogP contribution in [-0.2, 0) is 0 Å². The Balaban J connectivity index is 2.65. The van der Waals surface area contributed by atoms with Gasteiger partial charge in [-0.25, -0.2) is 0 Å². The summed E-state index contributed by atoms with van der Waals surface area (Å²) in [6.45, 7) is 8.79. The predicted molar refractivity (Wildman–Crippen MR) is 64.3 cm³/mol. The lowest BCUT2D eigenvalue weighted by Crippen LogP contribution is -2.12. The maximum atomic E-state index is 4.20. The average Bonchev–Trinajstić information content (AvgIpc) is 2.16. The Bertz CT molecular complexity index is 241. The maximum Gasteiger partial charge on any atom is -0.0113 e. The van der Waals surface area contributed by atoms with Crippen LogP contribution in [-0.4, -0.2) is 0 Å². The molecule has 0 N–H and O–H groups in total. The molecule has 0 bridgehead atoms. The summed E-state index contributed by atoms with van der Waals surface area (Å²) in [6.07, 6.45) is 15.0. The summed E-state index contributed by atoms with van der Waals surface area (Å²) < 4.78 is 0. The smallest absolute Gasteiger partial charge is 0.0113 e. The van der Waals surface area contributed by atoms with Crippen LogP contribution in [0.4, 0.5) is 0 Å². The van der Waals surface area contributed by atoms with Gasteiger partial charge in [0.1, 0.15) is 0 Å². The third kappa shape index (κ3) is 3.53. The van der Waals surface area contributed by atoms with E-state index in [1.807, 2.05) is 0 Å². The highest BCUT2D eigenvalue weighted by Gasteiger charge is 2.19. The minimum atomic E-state index is 0.272. The number of rotatable bonds is 0. The molecule has 0 saturated heterocycles. The molecule has 14 heavy (non-hydrogen) atoms. The zero-order chi connectivity index (χ0) is 10.4. The van der Waals surface area contributed by atoms with Crippen LogP contribution in [0, 0.1) is 5.41 Å². The van der Waals surface area contributed by atoms with Gasteiger partial charge < -0.3 is 0 Å². The van der Waals surface area contributed by atoms with E-state index in [0.717, 1.165) is 19.3 Å². The Morgan fingerprint density at radius 2 is 1.57 bits per heavy atom. The molecule has 0 fully saturated rings. The molecule has 0 spiro atoms. The Kier molecular flexibility index (Phi) is 4.19. The van der Waals surface area contributed by atoms with Gasteiger partial charge in [0.25, 0.3) is 0 Å². The molecule has 1 rings (SSSR count). The molecule has 0 unspecified atom stereocenters. The zero-order valence-electron chi connectivity index (χ0n) is 9.55. The van der Waals surface area contributed by atoms with E-state index in [-0.39, 0.29) is 5.41 Å². The van der Waals surface area contributed by atoms with Crippen molar-refractivity contribution in [2.75, 3.05) is 0 Å². The van der Waals surface area contributed by atoms with Gasteiger partial charge in [0.05, 0.1) is 0 Å². The standard InChI is InChI=1S/C14H22/c1-13-11-9-7-5-4-6-8-10-12-14(13,2)3/h5,7-8,10H,1,4,6,9,11-12H2,2-3H3/b7-5-,10-8+. The lowest BCUT2D eigenvalue weighted by atomic mass is 9.80. The molecule has 0 aromatic heterocycles. The molecule has 78 valence electrons. The Hall–Kier alpha value is -0.780. The summed E-state index contributed by atoms with van der Waals surface area (Å²) in [5.41, 5.74) is 1.66. The number of allylic oxidation sites excluding steroid dienone is 5. The van der Waals surface area contributed by atoms with Crippen LogP contribution in [0.1, 0.15) is 46.0 Å². The van der Waals surface area contributed by atoms with Crippen molar-refractivity contribution in [2.45, 2.75) is 46.0 Å². The molecular weight excluding hydrogens is 168 g/mol. The van der Waals surface area contributed by atoms with E-state index < -0.39 is 0 Å². The molecule has 0 heteroatoms. The summed E-state index contributed by atoms with van der Waals surface area (Å²) in [7, 11) is 0. The van der Waals surface area contributed by atoms with Crippen molar-refractivity contribution >= 4 is 0 Å². The largest absolute Gasteiger partial charge is 0.0993 e. The molecule has 0 aromatic rings. The van der Waals surface area contributed by atoms with Gasteiger partial charge in [-0.2, -0.15) is 0 Å². The van der Waals surface area contributed by atoms with Crippen molar-refractivity contribution in [1.29, 1.82) is 0 Å². The SMILES string of the molecule is C=C1CC/C=C\CC/C=C/CC1(C)C. The van der Waals surface area contributed by atoms with E-state index in [2.05, 4.69) is 44.7 Å². The van der Waals surface area contributed by atoms with Crippen LogP contribution in [0.3, 0.4) is 0 Å². The minimum absolute atomic E-state index is 0.272. The molecule has 0 saturated carbocycles. The second-order valence-corrected chi connectivity index (χ2v) is 4.75. The second-order valence-electron chi connectivity index (χ2n) is 4.75. The van der Waals surface area contributed by atoms with Crippen molar-refractivity contribution in [3.8, 4) is 0 Å². The fourth-order valence-corrected chi connectivity index (χ4v) is 1.66. The van der Waals surface area contributed by atoms with Crippen LogP contribution in [0.2, 0.25) is 0 Å². The first-order valence-corrected chi connectivity index (χ1v) is 5.61. The van der Waals surface area contributed by atoms with Crippen molar-refractivity contribution < 1.29 is 0 Å². The van der Waals surface area contributed by atoms with Crippen molar-refractivity contribution in [1.82, 2.24) is 0 Å². The summed E-state index contributed by atoms with van der Waals surface area (Å²) in [5, 5.41) is 0. The van der Waals surface area contributed by atoms with Crippen molar-refractivity contribution in [3.63, 3.8) is 0 Å². The number of hydrogen-bond acceptors (Lipinski definition) is 0. The molecule has 0 amide bonds. The summed E-state index contributed by atoms with van der Waals surface area (Å²) in [5.74, 6) is 0. The lowest BCUT2D eigenvalue weighted by Gasteiger charge is -2.25. The Morgan fingerprint density at radius 1 is 1.00 bits per heavy atom. The summed E-state index contributed by atoms with van der Waals surface area (Å²) >= 11 is 0. The minimum Gasteiger partial charge on any atom is -0.0993 e. The van der Waals surface area contributed by atoms with Gasteiger partial charge in [-0.15, -0.1) is 0 Å². The highest BCUT2D eigenvalue weighted by atomic mass is 14.2. The Labute approximate surface area is 88.4 Å². The summed E-state index contributed by atoms with van der Waals surface area (Å²) in [6, 6.07) is 0. The molecule has 0 aromatic carbocycles. The second kappa shape index (κ2) is 5.19. The third-order valence-corrected chi connectivity index (χ3v) is 3.03. The van der Waals surface area contributed by atoms with E-state index in [0.29, 0.717) is 0 Å². The normalized spacial score (nSPS) is 27.7. The monoisotopic (exact) mass is 190 g/mol. The van der Waals surface area contributed by atoms with E-state index in [1.165, 1.54) is 18.4 Å². The Morgan fingerprint density at radius 3 is 2.29 bits per heavy atom. The first-order chi connectivity index (χ1) is 6.63. The zero-order valence-corrected chi connectivity index (χ0v) is 9.55. The summed E-state index contributed by atoms with van der Waals surface area (Å²) in [4.78, 5) is 0. The molecule has 1 aliphatic rings. The quantitative estimate of drug-likeness (QED) is 0.488. The molecule has 0 atom stereocenters. The highest BCUT2D eigenvalue weighted by Crippen LogP contribution is 2.32. The van der Waals surface area contributed by atoms with E-state index in [4.69, 9.17) is 0 Å².